The molecule has 0 amide bonds. The molecule has 0 N–H and O–H groups in total. The van der Waals surface area contributed by atoms with Crippen LogP contribution in [0.4, 0.5) is 0 Å². The minimum atomic E-state index is 0.176. The van der Waals surface area contributed by atoms with E-state index in [-0.39, 0.29) is 5.38 Å². The summed E-state index contributed by atoms with van der Waals surface area (Å²) in [6.07, 6.45) is 16.8. The summed E-state index contributed by atoms with van der Waals surface area (Å²) in [7, 11) is 0. The van der Waals surface area contributed by atoms with E-state index in [0.717, 1.165) is 0 Å². The molecule has 1 heteroatoms. The second-order valence-electron chi connectivity index (χ2n) is 3.14. The number of hydrogen-bond donors (Lipinski definition) is 0. The first-order valence-electron chi connectivity index (χ1n) is 4.22. The molecule has 0 aromatic carbocycles. The van der Waals surface area contributed by atoms with Gasteiger partial charge in [-0.25, -0.2) is 0 Å². The Bertz CT molecular complexity index is 219. The van der Waals surface area contributed by atoms with Gasteiger partial charge in [0, 0.05) is 11.8 Å². The highest BCUT2D eigenvalue weighted by Gasteiger charge is 2.22. The molecule has 0 aromatic heterocycles. The van der Waals surface area contributed by atoms with Gasteiger partial charge in [-0.15, -0.1) is 11.6 Å². The molecule has 0 atom stereocenters. The number of halogens is 1. The number of allylic oxidation sites excluding steroid dienone is 8. The molecule has 62 valence electrons. The summed E-state index contributed by atoms with van der Waals surface area (Å²) < 4.78 is 0. The Hall–Kier alpha value is -0.750. The molecular formula is C11H11Cl. The van der Waals surface area contributed by atoms with Crippen LogP contribution in [0.2, 0.25) is 0 Å². The average Bonchev–Trinajstić information content (AvgIpc) is 2.77. The zero-order valence-corrected chi connectivity index (χ0v) is 7.48. The van der Waals surface area contributed by atoms with Crippen molar-refractivity contribution in [2.75, 3.05) is 0 Å². The van der Waals surface area contributed by atoms with Crippen molar-refractivity contribution in [1.29, 1.82) is 0 Å². The summed E-state index contributed by atoms with van der Waals surface area (Å²) in [5.74, 6) is 0.813. The highest BCUT2D eigenvalue weighted by atomic mass is 35.5. The highest BCUT2D eigenvalue weighted by molar-refractivity contribution is 6.21. The van der Waals surface area contributed by atoms with Gasteiger partial charge in [0.25, 0.3) is 0 Å². The molecule has 0 aromatic rings. The van der Waals surface area contributed by atoms with Gasteiger partial charge in [0.15, 0.2) is 0 Å². The topological polar surface area (TPSA) is 0 Å². The Kier molecular flexibility index (Phi) is 2.18. The van der Waals surface area contributed by atoms with Gasteiger partial charge in [0.05, 0.1) is 5.38 Å². The molecule has 0 fully saturated rings. The molecular weight excluding hydrogens is 168 g/mol. The largest absolute Gasteiger partial charge is 0.121 e. The standard InChI is InChI=1S/C11H11Cl/c12-11(9-5-1-2-6-9)10-7-3-4-8-10/h1-11H. The van der Waals surface area contributed by atoms with E-state index in [4.69, 9.17) is 11.6 Å². The second-order valence-corrected chi connectivity index (χ2v) is 3.64. The maximum atomic E-state index is 6.29. The molecule has 2 rings (SSSR count). The number of rotatable bonds is 2. The van der Waals surface area contributed by atoms with Gasteiger partial charge >= 0.3 is 0 Å². The molecule has 12 heavy (non-hydrogen) atoms. The van der Waals surface area contributed by atoms with E-state index in [1.54, 1.807) is 0 Å². The first kappa shape index (κ1) is 7.88. The Balaban J connectivity index is 2.04. The van der Waals surface area contributed by atoms with Crippen LogP contribution in [0.15, 0.2) is 48.6 Å². The van der Waals surface area contributed by atoms with Crippen molar-refractivity contribution in [1.82, 2.24) is 0 Å². The van der Waals surface area contributed by atoms with E-state index in [1.807, 2.05) is 0 Å². The summed E-state index contributed by atoms with van der Waals surface area (Å²) in [5, 5.41) is 0.176. The summed E-state index contributed by atoms with van der Waals surface area (Å²) in [6, 6.07) is 0. The molecule has 0 bridgehead atoms. The SMILES string of the molecule is ClC(C1C=CC=C1)C1C=CC=C1. The zero-order chi connectivity index (χ0) is 8.39. The van der Waals surface area contributed by atoms with Crippen LogP contribution in [0.5, 0.6) is 0 Å². The fourth-order valence-corrected chi connectivity index (χ4v) is 1.92. The van der Waals surface area contributed by atoms with Gasteiger partial charge in [-0.1, -0.05) is 48.6 Å². The molecule has 0 heterocycles. The average molecular weight is 179 g/mol. The molecule has 0 spiro atoms. The van der Waals surface area contributed by atoms with E-state index >= 15 is 0 Å². The van der Waals surface area contributed by atoms with Crippen molar-refractivity contribution >= 4 is 11.6 Å². The quantitative estimate of drug-likeness (QED) is 0.571. The first-order chi connectivity index (χ1) is 5.88. The second kappa shape index (κ2) is 3.32. The van der Waals surface area contributed by atoms with Gasteiger partial charge in [-0.05, 0) is 0 Å². The molecule has 0 unspecified atom stereocenters. The normalized spacial score (nSPS) is 22.2. The Morgan fingerprint density at radius 2 is 1.08 bits per heavy atom. The van der Waals surface area contributed by atoms with Crippen LogP contribution in [0.3, 0.4) is 0 Å². The minimum Gasteiger partial charge on any atom is -0.121 e. The third kappa shape index (κ3) is 1.39. The van der Waals surface area contributed by atoms with Crippen molar-refractivity contribution in [3.05, 3.63) is 48.6 Å². The van der Waals surface area contributed by atoms with E-state index in [2.05, 4.69) is 48.6 Å². The highest BCUT2D eigenvalue weighted by Crippen LogP contribution is 2.28. The minimum absolute atomic E-state index is 0.176. The number of alkyl halides is 1. The summed E-state index contributed by atoms with van der Waals surface area (Å²) >= 11 is 6.29. The van der Waals surface area contributed by atoms with Crippen LogP contribution in [0, 0.1) is 11.8 Å². The Morgan fingerprint density at radius 3 is 1.42 bits per heavy atom. The molecule has 0 radical (unpaired) electrons. The van der Waals surface area contributed by atoms with Crippen LogP contribution < -0.4 is 0 Å². The fourth-order valence-electron chi connectivity index (χ4n) is 1.58. The van der Waals surface area contributed by atoms with Crippen LogP contribution in [0.25, 0.3) is 0 Å². The van der Waals surface area contributed by atoms with Crippen LogP contribution in [0.1, 0.15) is 0 Å². The van der Waals surface area contributed by atoms with E-state index in [1.165, 1.54) is 0 Å². The lowest BCUT2D eigenvalue weighted by atomic mass is 9.96. The molecule has 2 aliphatic carbocycles. The zero-order valence-electron chi connectivity index (χ0n) is 6.73. The predicted octanol–water partition coefficient (Wildman–Crippen LogP) is 3.08. The molecule has 0 aliphatic heterocycles. The van der Waals surface area contributed by atoms with Crippen LogP contribution in [-0.2, 0) is 0 Å². The van der Waals surface area contributed by atoms with Crippen molar-refractivity contribution < 1.29 is 0 Å². The Morgan fingerprint density at radius 1 is 0.750 bits per heavy atom. The lowest BCUT2D eigenvalue weighted by Gasteiger charge is -2.17. The van der Waals surface area contributed by atoms with Gasteiger partial charge in [0.2, 0.25) is 0 Å². The predicted molar refractivity (Wildman–Crippen MR) is 53.2 cm³/mol. The van der Waals surface area contributed by atoms with Gasteiger partial charge < -0.3 is 0 Å². The van der Waals surface area contributed by atoms with Crippen molar-refractivity contribution in [2.45, 2.75) is 5.38 Å². The van der Waals surface area contributed by atoms with Gasteiger partial charge in [-0.2, -0.15) is 0 Å². The number of hydrogen-bond acceptors (Lipinski definition) is 0. The van der Waals surface area contributed by atoms with Crippen molar-refractivity contribution in [3.8, 4) is 0 Å². The van der Waals surface area contributed by atoms with E-state index in [9.17, 15) is 0 Å². The first-order valence-corrected chi connectivity index (χ1v) is 4.65. The summed E-state index contributed by atoms with van der Waals surface area (Å²) in [4.78, 5) is 0. The monoisotopic (exact) mass is 178 g/mol. The van der Waals surface area contributed by atoms with E-state index < -0.39 is 0 Å². The molecule has 0 saturated carbocycles. The molecule has 0 nitrogen and oxygen atoms in total. The fraction of sp³-hybridized carbons (Fsp3) is 0.273. The molecule has 2 aliphatic rings. The maximum Gasteiger partial charge on any atom is 0.0530 e. The Labute approximate surface area is 77.9 Å². The third-order valence-electron chi connectivity index (χ3n) is 2.29. The third-order valence-corrected chi connectivity index (χ3v) is 2.87. The summed E-state index contributed by atoms with van der Waals surface area (Å²) in [6.45, 7) is 0. The van der Waals surface area contributed by atoms with Crippen molar-refractivity contribution in [2.24, 2.45) is 11.8 Å². The lowest BCUT2D eigenvalue weighted by molar-refractivity contribution is 0.647. The lowest BCUT2D eigenvalue weighted by Crippen LogP contribution is -2.16. The van der Waals surface area contributed by atoms with Gasteiger partial charge in [-0.3, -0.25) is 0 Å². The van der Waals surface area contributed by atoms with Crippen LogP contribution >= 0.6 is 11.6 Å². The van der Waals surface area contributed by atoms with E-state index in [0.29, 0.717) is 11.8 Å². The summed E-state index contributed by atoms with van der Waals surface area (Å²) in [5.41, 5.74) is 0. The smallest absolute Gasteiger partial charge is 0.0530 e. The van der Waals surface area contributed by atoms with Crippen LogP contribution in [-0.4, -0.2) is 5.38 Å². The van der Waals surface area contributed by atoms with Gasteiger partial charge in [0.1, 0.15) is 0 Å². The maximum absolute atomic E-state index is 6.29. The molecule has 0 saturated heterocycles. The van der Waals surface area contributed by atoms with Crippen molar-refractivity contribution in [3.63, 3.8) is 0 Å².